The molecule has 2 saturated heterocycles. The molecule has 0 radical (unpaired) electrons. The Morgan fingerprint density at radius 3 is 2.55 bits per heavy atom. The second kappa shape index (κ2) is 8.90. The van der Waals surface area contributed by atoms with E-state index in [9.17, 15) is 9.59 Å². The Labute approximate surface area is 175 Å². The van der Waals surface area contributed by atoms with Crippen LogP contribution in [0.1, 0.15) is 37.7 Å². The van der Waals surface area contributed by atoms with Gasteiger partial charge in [0.05, 0.1) is 0 Å². The van der Waals surface area contributed by atoms with Crippen LogP contribution >= 0.6 is 11.3 Å². The maximum Gasteiger partial charge on any atom is 0.228 e. The number of anilines is 2. The van der Waals surface area contributed by atoms with E-state index in [1.165, 1.54) is 11.3 Å². The molecule has 1 aromatic carbocycles. The van der Waals surface area contributed by atoms with E-state index in [-0.39, 0.29) is 17.7 Å². The van der Waals surface area contributed by atoms with Crippen molar-refractivity contribution in [2.75, 3.05) is 36.5 Å². The van der Waals surface area contributed by atoms with Gasteiger partial charge in [-0.15, -0.1) is 10.2 Å². The number of hydrogen-bond donors (Lipinski definition) is 0. The third kappa shape index (κ3) is 4.58. The lowest BCUT2D eigenvalue weighted by molar-refractivity contribution is -0.135. The van der Waals surface area contributed by atoms with E-state index in [4.69, 9.17) is 0 Å². The van der Waals surface area contributed by atoms with Crippen molar-refractivity contribution >= 4 is 33.4 Å². The van der Waals surface area contributed by atoms with Crippen molar-refractivity contribution in [3.05, 3.63) is 35.9 Å². The third-order valence-corrected chi connectivity index (χ3v) is 6.72. The molecule has 0 atom stereocenters. The van der Waals surface area contributed by atoms with Crippen LogP contribution in [0, 0.1) is 5.92 Å². The largest absolute Gasteiger partial charge is 0.347 e. The predicted octanol–water partition coefficient (Wildman–Crippen LogP) is 2.93. The van der Waals surface area contributed by atoms with Crippen LogP contribution < -0.4 is 9.80 Å². The zero-order chi connectivity index (χ0) is 20.2. The molecule has 2 aliphatic heterocycles. The summed E-state index contributed by atoms with van der Waals surface area (Å²) in [6, 6.07) is 10.1. The Kier molecular flexibility index (Phi) is 6.08. The van der Waals surface area contributed by atoms with E-state index in [0.29, 0.717) is 18.1 Å². The summed E-state index contributed by atoms with van der Waals surface area (Å²) in [5.41, 5.74) is 1.15. The standard InChI is InChI=1S/C21H27N5O2S/c1-24(15-16-7-3-2-4-8-16)19(28)17-10-13-25(14-11-17)20-22-23-21(29-20)26-12-6-5-9-18(26)27/h2-4,7-8,17H,5-6,9-15H2,1H3. The molecule has 2 amide bonds. The molecule has 3 heterocycles. The zero-order valence-corrected chi connectivity index (χ0v) is 17.6. The highest BCUT2D eigenvalue weighted by atomic mass is 32.1. The van der Waals surface area contributed by atoms with E-state index < -0.39 is 0 Å². The number of benzene rings is 1. The van der Waals surface area contributed by atoms with Gasteiger partial charge in [-0.2, -0.15) is 0 Å². The van der Waals surface area contributed by atoms with Gasteiger partial charge in [-0.25, -0.2) is 0 Å². The number of carbonyl (C=O) groups is 2. The highest BCUT2D eigenvalue weighted by molar-refractivity contribution is 7.19. The van der Waals surface area contributed by atoms with Gasteiger partial charge in [-0.05, 0) is 31.2 Å². The van der Waals surface area contributed by atoms with Gasteiger partial charge in [-0.3, -0.25) is 14.5 Å². The van der Waals surface area contributed by atoms with Gasteiger partial charge >= 0.3 is 0 Å². The van der Waals surface area contributed by atoms with E-state index in [1.54, 1.807) is 4.90 Å². The van der Waals surface area contributed by atoms with Crippen molar-refractivity contribution in [3.8, 4) is 0 Å². The van der Waals surface area contributed by atoms with Crippen LogP contribution in [0.4, 0.5) is 10.3 Å². The molecule has 0 saturated carbocycles. The number of aromatic nitrogens is 2. The number of piperidine rings is 2. The summed E-state index contributed by atoms with van der Waals surface area (Å²) in [6.45, 7) is 2.96. The average molecular weight is 414 g/mol. The van der Waals surface area contributed by atoms with Crippen molar-refractivity contribution in [1.82, 2.24) is 15.1 Å². The van der Waals surface area contributed by atoms with Gasteiger partial charge in [0.1, 0.15) is 0 Å². The topological polar surface area (TPSA) is 69.6 Å². The first-order valence-corrected chi connectivity index (χ1v) is 11.1. The van der Waals surface area contributed by atoms with Crippen molar-refractivity contribution < 1.29 is 9.59 Å². The van der Waals surface area contributed by atoms with Crippen LogP contribution in [0.15, 0.2) is 30.3 Å². The number of hydrogen-bond acceptors (Lipinski definition) is 6. The number of nitrogens with zero attached hydrogens (tertiary/aromatic N) is 5. The quantitative estimate of drug-likeness (QED) is 0.754. The van der Waals surface area contributed by atoms with Crippen LogP contribution in [0.25, 0.3) is 0 Å². The molecule has 1 aromatic heterocycles. The van der Waals surface area contributed by atoms with E-state index in [0.717, 1.165) is 56.0 Å². The fraction of sp³-hybridized carbons (Fsp3) is 0.524. The first kappa shape index (κ1) is 19.8. The lowest BCUT2D eigenvalue weighted by Crippen LogP contribution is -2.41. The maximum absolute atomic E-state index is 12.8. The van der Waals surface area contributed by atoms with Crippen LogP contribution in [0.5, 0.6) is 0 Å². The minimum absolute atomic E-state index is 0.0519. The number of carbonyl (C=O) groups excluding carboxylic acids is 2. The summed E-state index contributed by atoms with van der Waals surface area (Å²) in [5.74, 6) is 0.408. The minimum Gasteiger partial charge on any atom is -0.347 e. The van der Waals surface area contributed by atoms with Crippen molar-refractivity contribution in [2.45, 2.75) is 38.6 Å². The van der Waals surface area contributed by atoms with Crippen LogP contribution in [0.3, 0.4) is 0 Å². The molecule has 2 aliphatic rings. The molecule has 7 nitrogen and oxygen atoms in total. The SMILES string of the molecule is CN(Cc1ccccc1)C(=O)C1CCN(c2nnc(N3CCCCC3=O)s2)CC1. The normalized spacial score (nSPS) is 18.2. The minimum atomic E-state index is 0.0519. The first-order chi connectivity index (χ1) is 14.1. The number of amides is 2. The lowest BCUT2D eigenvalue weighted by atomic mass is 9.95. The smallest absolute Gasteiger partial charge is 0.228 e. The monoisotopic (exact) mass is 413 g/mol. The van der Waals surface area contributed by atoms with E-state index >= 15 is 0 Å². The van der Waals surface area contributed by atoms with Gasteiger partial charge in [0.2, 0.25) is 22.1 Å². The molecular weight excluding hydrogens is 386 g/mol. The summed E-state index contributed by atoms with van der Waals surface area (Å²) in [5, 5.41) is 10.1. The zero-order valence-electron chi connectivity index (χ0n) is 16.8. The van der Waals surface area contributed by atoms with Crippen LogP contribution in [-0.2, 0) is 16.1 Å². The molecule has 8 heteroatoms. The predicted molar refractivity (Wildman–Crippen MR) is 114 cm³/mol. The highest BCUT2D eigenvalue weighted by Gasteiger charge is 2.30. The molecule has 2 aromatic rings. The summed E-state index contributed by atoms with van der Waals surface area (Å²) in [4.78, 5) is 30.7. The second-order valence-corrected chi connectivity index (χ2v) is 8.75. The maximum atomic E-state index is 12.8. The summed E-state index contributed by atoms with van der Waals surface area (Å²) < 4.78 is 0. The van der Waals surface area contributed by atoms with Crippen molar-refractivity contribution in [1.29, 1.82) is 0 Å². The third-order valence-electron chi connectivity index (χ3n) is 5.71. The second-order valence-electron chi connectivity index (χ2n) is 7.81. The van der Waals surface area contributed by atoms with Gasteiger partial charge in [0.25, 0.3) is 0 Å². The molecule has 0 unspecified atom stereocenters. The molecule has 0 bridgehead atoms. The Balaban J connectivity index is 1.31. The Morgan fingerprint density at radius 2 is 1.83 bits per heavy atom. The summed E-state index contributed by atoms with van der Waals surface area (Å²) in [7, 11) is 1.88. The van der Waals surface area contributed by atoms with Crippen molar-refractivity contribution in [2.24, 2.45) is 5.92 Å². The molecular formula is C21H27N5O2S. The van der Waals surface area contributed by atoms with Gasteiger partial charge < -0.3 is 9.80 Å². The Hall–Kier alpha value is -2.48. The first-order valence-electron chi connectivity index (χ1n) is 10.3. The van der Waals surface area contributed by atoms with Crippen LogP contribution in [-0.4, -0.2) is 53.6 Å². The van der Waals surface area contributed by atoms with Gasteiger partial charge in [-0.1, -0.05) is 41.7 Å². The molecule has 29 heavy (non-hydrogen) atoms. The summed E-state index contributed by atoms with van der Waals surface area (Å²) in [6.07, 6.45) is 4.20. The van der Waals surface area contributed by atoms with Crippen LogP contribution in [0.2, 0.25) is 0 Å². The molecule has 0 N–H and O–H groups in total. The highest BCUT2D eigenvalue weighted by Crippen LogP contribution is 2.32. The fourth-order valence-corrected chi connectivity index (χ4v) is 4.96. The Bertz CT molecular complexity index is 848. The molecule has 4 rings (SSSR count). The lowest BCUT2D eigenvalue weighted by Gasteiger charge is -2.32. The fourth-order valence-electron chi connectivity index (χ4n) is 4.02. The van der Waals surface area contributed by atoms with Crippen molar-refractivity contribution in [3.63, 3.8) is 0 Å². The average Bonchev–Trinajstić information content (AvgIpc) is 3.24. The molecule has 2 fully saturated rings. The summed E-state index contributed by atoms with van der Waals surface area (Å²) >= 11 is 1.48. The molecule has 0 aliphatic carbocycles. The van der Waals surface area contributed by atoms with E-state index in [2.05, 4.69) is 15.1 Å². The van der Waals surface area contributed by atoms with E-state index in [1.807, 2.05) is 42.3 Å². The molecule has 154 valence electrons. The molecule has 0 spiro atoms. The number of rotatable bonds is 5. The van der Waals surface area contributed by atoms with Gasteiger partial charge in [0.15, 0.2) is 0 Å². The van der Waals surface area contributed by atoms with Gasteiger partial charge in [0, 0.05) is 45.6 Å². The Morgan fingerprint density at radius 1 is 1.10 bits per heavy atom.